The third-order valence-electron chi connectivity index (χ3n) is 3.74. The monoisotopic (exact) mass is 282 g/mol. The topological polar surface area (TPSA) is 45.4 Å². The fraction of sp³-hybridized carbons (Fsp3) is 0.786. The van der Waals surface area contributed by atoms with Crippen LogP contribution in [-0.2, 0) is 13.0 Å². The fourth-order valence-corrected chi connectivity index (χ4v) is 3.53. The number of piperazine rings is 1. The summed E-state index contributed by atoms with van der Waals surface area (Å²) in [6.07, 6.45) is 1.06. The SMILES string of the molecule is CC(C)c1nc(CCN2CCN(C)CC2)sc1CN. The lowest BCUT2D eigenvalue weighted by Gasteiger charge is -2.32. The molecule has 2 rings (SSSR count). The van der Waals surface area contributed by atoms with Crippen molar-refractivity contribution in [3.8, 4) is 0 Å². The van der Waals surface area contributed by atoms with E-state index in [1.165, 1.54) is 41.8 Å². The van der Waals surface area contributed by atoms with Gasteiger partial charge in [0.25, 0.3) is 0 Å². The van der Waals surface area contributed by atoms with Crippen LogP contribution in [0.5, 0.6) is 0 Å². The van der Waals surface area contributed by atoms with Gasteiger partial charge >= 0.3 is 0 Å². The van der Waals surface area contributed by atoms with Crippen LogP contribution < -0.4 is 5.73 Å². The van der Waals surface area contributed by atoms with E-state index in [4.69, 9.17) is 10.7 Å². The molecule has 19 heavy (non-hydrogen) atoms. The molecule has 1 fully saturated rings. The van der Waals surface area contributed by atoms with Crippen molar-refractivity contribution >= 4 is 11.3 Å². The summed E-state index contributed by atoms with van der Waals surface area (Å²) in [6, 6.07) is 0. The van der Waals surface area contributed by atoms with Gasteiger partial charge in [-0.15, -0.1) is 11.3 Å². The molecule has 2 heterocycles. The first kappa shape index (κ1) is 14.9. The first-order valence-electron chi connectivity index (χ1n) is 7.19. The zero-order valence-electron chi connectivity index (χ0n) is 12.4. The second-order valence-corrected chi connectivity index (χ2v) is 6.84. The standard InChI is InChI=1S/C14H26N4S/c1-11(2)14-12(10-15)19-13(16-14)4-5-18-8-6-17(3)7-9-18/h11H,4-10,15H2,1-3H3. The van der Waals surface area contributed by atoms with Crippen LogP contribution in [0.4, 0.5) is 0 Å². The molecule has 0 saturated carbocycles. The van der Waals surface area contributed by atoms with Crippen molar-refractivity contribution in [3.05, 3.63) is 15.6 Å². The summed E-state index contributed by atoms with van der Waals surface area (Å²) in [5.41, 5.74) is 7.02. The van der Waals surface area contributed by atoms with E-state index in [9.17, 15) is 0 Å². The molecule has 0 atom stereocenters. The highest BCUT2D eigenvalue weighted by Crippen LogP contribution is 2.25. The Morgan fingerprint density at radius 1 is 1.26 bits per heavy atom. The number of aromatic nitrogens is 1. The van der Waals surface area contributed by atoms with E-state index in [2.05, 4.69) is 30.7 Å². The number of hydrogen-bond acceptors (Lipinski definition) is 5. The van der Waals surface area contributed by atoms with E-state index < -0.39 is 0 Å². The zero-order valence-corrected chi connectivity index (χ0v) is 13.2. The summed E-state index contributed by atoms with van der Waals surface area (Å²) in [5.74, 6) is 0.479. The van der Waals surface area contributed by atoms with Gasteiger partial charge in [0.2, 0.25) is 0 Å². The molecule has 1 aliphatic rings. The number of nitrogens with zero attached hydrogens (tertiary/aromatic N) is 3. The van der Waals surface area contributed by atoms with Gasteiger partial charge in [0.05, 0.1) is 10.7 Å². The van der Waals surface area contributed by atoms with E-state index in [1.807, 2.05) is 0 Å². The highest BCUT2D eigenvalue weighted by molar-refractivity contribution is 7.11. The average Bonchev–Trinajstić information content (AvgIpc) is 2.81. The lowest BCUT2D eigenvalue weighted by atomic mass is 10.1. The second-order valence-electron chi connectivity index (χ2n) is 5.67. The number of rotatable bonds is 5. The molecule has 0 bridgehead atoms. The minimum Gasteiger partial charge on any atom is -0.326 e. The highest BCUT2D eigenvalue weighted by atomic mass is 32.1. The molecule has 0 unspecified atom stereocenters. The van der Waals surface area contributed by atoms with Gasteiger partial charge in [0, 0.05) is 50.6 Å². The van der Waals surface area contributed by atoms with Gasteiger partial charge in [0.1, 0.15) is 0 Å². The number of likely N-dealkylation sites (N-methyl/N-ethyl adjacent to an activating group) is 1. The lowest BCUT2D eigenvalue weighted by Crippen LogP contribution is -2.45. The molecule has 1 saturated heterocycles. The molecule has 1 aromatic rings. The first-order valence-corrected chi connectivity index (χ1v) is 8.01. The Kier molecular flexibility index (Phi) is 5.33. The first-order chi connectivity index (χ1) is 9.10. The largest absolute Gasteiger partial charge is 0.326 e. The summed E-state index contributed by atoms with van der Waals surface area (Å²) in [5, 5.41) is 1.25. The highest BCUT2D eigenvalue weighted by Gasteiger charge is 2.16. The maximum Gasteiger partial charge on any atom is 0.0944 e. The van der Waals surface area contributed by atoms with Gasteiger partial charge in [-0.25, -0.2) is 4.98 Å². The molecule has 0 aliphatic carbocycles. The molecule has 108 valence electrons. The fourth-order valence-electron chi connectivity index (χ4n) is 2.44. The normalized spacial score (nSPS) is 18.4. The number of hydrogen-bond donors (Lipinski definition) is 1. The predicted octanol–water partition coefficient (Wildman–Crippen LogP) is 1.52. The minimum absolute atomic E-state index is 0.479. The molecule has 1 aromatic heterocycles. The Morgan fingerprint density at radius 3 is 2.47 bits per heavy atom. The molecule has 5 heteroatoms. The van der Waals surface area contributed by atoms with E-state index in [0.29, 0.717) is 12.5 Å². The Morgan fingerprint density at radius 2 is 1.95 bits per heavy atom. The van der Waals surface area contributed by atoms with Crippen LogP contribution >= 0.6 is 11.3 Å². The molecule has 0 amide bonds. The zero-order chi connectivity index (χ0) is 13.8. The van der Waals surface area contributed by atoms with E-state index in [-0.39, 0.29) is 0 Å². The van der Waals surface area contributed by atoms with Crippen molar-refractivity contribution < 1.29 is 0 Å². The van der Waals surface area contributed by atoms with Gasteiger partial charge in [-0.3, -0.25) is 0 Å². The summed E-state index contributed by atoms with van der Waals surface area (Å²) in [7, 11) is 2.20. The Labute approximate surface area is 120 Å². The third kappa shape index (κ3) is 3.99. The van der Waals surface area contributed by atoms with Gasteiger partial charge in [-0.05, 0) is 13.0 Å². The maximum atomic E-state index is 5.81. The molecule has 1 aliphatic heterocycles. The lowest BCUT2D eigenvalue weighted by molar-refractivity contribution is 0.155. The average molecular weight is 282 g/mol. The van der Waals surface area contributed by atoms with Crippen LogP contribution in [0.3, 0.4) is 0 Å². The molecular weight excluding hydrogens is 256 g/mol. The van der Waals surface area contributed by atoms with Crippen molar-refractivity contribution in [1.82, 2.24) is 14.8 Å². The van der Waals surface area contributed by atoms with E-state index in [1.54, 1.807) is 11.3 Å². The Hall–Kier alpha value is -0.490. The molecule has 0 aromatic carbocycles. The van der Waals surface area contributed by atoms with Crippen LogP contribution in [0, 0.1) is 0 Å². The molecule has 0 spiro atoms. The Balaban J connectivity index is 1.89. The predicted molar refractivity (Wildman–Crippen MR) is 81.7 cm³/mol. The maximum absolute atomic E-state index is 5.81. The van der Waals surface area contributed by atoms with Crippen molar-refractivity contribution in [1.29, 1.82) is 0 Å². The Bertz CT molecular complexity index is 394. The third-order valence-corrected chi connectivity index (χ3v) is 4.90. The van der Waals surface area contributed by atoms with Crippen LogP contribution in [-0.4, -0.2) is 54.6 Å². The molecule has 0 radical (unpaired) electrons. The van der Waals surface area contributed by atoms with Crippen molar-refractivity contribution in [2.75, 3.05) is 39.8 Å². The van der Waals surface area contributed by atoms with Crippen molar-refractivity contribution in [2.24, 2.45) is 5.73 Å². The van der Waals surface area contributed by atoms with Gasteiger partial charge < -0.3 is 15.5 Å². The summed E-state index contributed by atoms with van der Waals surface area (Å²) >= 11 is 1.80. The van der Waals surface area contributed by atoms with Crippen LogP contribution in [0.25, 0.3) is 0 Å². The summed E-state index contributed by atoms with van der Waals surface area (Å²) in [4.78, 5) is 11.0. The molecule has 4 nitrogen and oxygen atoms in total. The van der Waals surface area contributed by atoms with Gasteiger partial charge in [-0.1, -0.05) is 13.8 Å². The van der Waals surface area contributed by atoms with Gasteiger partial charge in [-0.2, -0.15) is 0 Å². The number of nitrogens with two attached hydrogens (primary N) is 1. The van der Waals surface area contributed by atoms with Crippen LogP contribution in [0.15, 0.2) is 0 Å². The van der Waals surface area contributed by atoms with Gasteiger partial charge in [0.15, 0.2) is 0 Å². The van der Waals surface area contributed by atoms with E-state index >= 15 is 0 Å². The van der Waals surface area contributed by atoms with Crippen molar-refractivity contribution in [3.63, 3.8) is 0 Å². The van der Waals surface area contributed by atoms with E-state index in [0.717, 1.165) is 13.0 Å². The smallest absolute Gasteiger partial charge is 0.0944 e. The van der Waals surface area contributed by atoms with Crippen molar-refractivity contribution in [2.45, 2.75) is 32.7 Å². The number of thiazole rings is 1. The summed E-state index contributed by atoms with van der Waals surface area (Å²) in [6.45, 7) is 10.9. The quantitative estimate of drug-likeness (QED) is 0.889. The van der Waals surface area contributed by atoms with Crippen LogP contribution in [0.1, 0.15) is 35.3 Å². The minimum atomic E-state index is 0.479. The van der Waals surface area contributed by atoms with Crippen LogP contribution in [0.2, 0.25) is 0 Å². The molecular formula is C14H26N4S. The molecule has 2 N–H and O–H groups in total. The second kappa shape index (κ2) is 6.79. The summed E-state index contributed by atoms with van der Waals surface area (Å²) < 4.78 is 0.